The van der Waals surface area contributed by atoms with E-state index in [1.165, 1.54) is 29.8 Å². The van der Waals surface area contributed by atoms with Gasteiger partial charge in [-0.3, -0.25) is 20.2 Å². The number of thiophene rings is 1. The number of non-ortho nitro benzene ring substituents is 1. The maximum Gasteiger partial charge on any atom is 0.269 e. The van der Waals surface area contributed by atoms with Gasteiger partial charge in [-0.1, -0.05) is 37.3 Å². The van der Waals surface area contributed by atoms with Gasteiger partial charge in [-0.15, -0.1) is 11.3 Å². The van der Waals surface area contributed by atoms with Gasteiger partial charge in [0, 0.05) is 22.7 Å². The first-order valence-electron chi connectivity index (χ1n) is 8.96. The number of nitro benzene ring substituents is 1. The monoisotopic (exact) mass is 395 g/mol. The number of carbonyl (C=O) groups excluding carboxylic acids is 1. The van der Waals surface area contributed by atoms with Crippen LogP contribution in [0.4, 0.5) is 11.4 Å². The molecule has 28 heavy (non-hydrogen) atoms. The van der Waals surface area contributed by atoms with Gasteiger partial charge in [-0.25, -0.2) is 0 Å². The fourth-order valence-electron chi connectivity index (χ4n) is 2.85. The van der Waals surface area contributed by atoms with E-state index in [0.29, 0.717) is 5.69 Å². The minimum absolute atomic E-state index is 0.00981. The molecular weight excluding hydrogens is 374 g/mol. The maximum absolute atomic E-state index is 12.3. The lowest BCUT2D eigenvalue weighted by molar-refractivity contribution is -0.384. The second-order valence-corrected chi connectivity index (χ2v) is 7.26. The number of hydrogen-bond acceptors (Lipinski definition) is 5. The van der Waals surface area contributed by atoms with E-state index in [1.807, 2.05) is 17.5 Å². The van der Waals surface area contributed by atoms with Gasteiger partial charge in [0.1, 0.15) is 0 Å². The Balaban J connectivity index is 1.65. The minimum atomic E-state index is -0.470. The van der Waals surface area contributed by atoms with Gasteiger partial charge in [0.2, 0.25) is 5.91 Å². The number of carbonyl (C=O) groups is 1. The molecule has 7 heteroatoms. The number of nitrogens with one attached hydrogen (secondary N) is 2. The molecule has 1 heterocycles. The summed E-state index contributed by atoms with van der Waals surface area (Å²) in [6, 6.07) is 18.1. The van der Waals surface area contributed by atoms with Gasteiger partial charge in [0.15, 0.2) is 0 Å². The van der Waals surface area contributed by atoms with Gasteiger partial charge in [0.25, 0.3) is 5.69 Å². The summed E-state index contributed by atoms with van der Waals surface area (Å²) in [5.74, 6) is -0.208. The van der Waals surface area contributed by atoms with Gasteiger partial charge >= 0.3 is 0 Å². The molecule has 1 aromatic heterocycles. The summed E-state index contributed by atoms with van der Waals surface area (Å²) in [4.78, 5) is 23.7. The molecule has 0 aliphatic rings. The molecule has 3 rings (SSSR count). The average Bonchev–Trinajstić information content (AvgIpc) is 3.23. The van der Waals surface area contributed by atoms with Crippen molar-refractivity contribution in [2.24, 2.45) is 0 Å². The third-order valence-electron chi connectivity index (χ3n) is 4.38. The molecule has 0 aliphatic carbocycles. The summed E-state index contributed by atoms with van der Waals surface area (Å²) in [5.41, 5.74) is 2.88. The van der Waals surface area contributed by atoms with Gasteiger partial charge in [-0.05, 0) is 41.1 Å². The van der Waals surface area contributed by atoms with Crippen LogP contribution < -0.4 is 10.6 Å². The lowest BCUT2D eigenvalue weighted by atomic mass is 10.0. The van der Waals surface area contributed by atoms with Crippen molar-refractivity contribution in [3.05, 3.63) is 92.2 Å². The molecule has 0 aliphatic heterocycles. The lowest BCUT2D eigenvalue weighted by Crippen LogP contribution is -2.31. The Morgan fingerprint density at radius 1 is 1.11 bits per heavy atom. The molecule has 3 aromatic rings. The molecule has 0 spiro atoms. The quantitative estimate of drug-likeness (QED) is 0.433. The van der Waals surface area contributed by atoms with Gasteiger partial charge in [0.05, 0.1) is 17.5 Å². The topological polar surface area (TPSA) is 84.3 Å². The Bertz CT molecular complexity index is 923. The molecule has 0 unspecified atom stereocenters. The highest BCUT2D eigenvalue weighted by atomic mass is 32.1. The van der Waals surface area contributed by atoms with E-state index >= 15 is 0 Å². The molecule has 6 nitrogen and oxygen atoms in total. The highest BCUT2D eigenvalue weighted by Crippen LogP contribution is 2.26. The summed E-state index contributed by atoms with van der Waals surface area (Å²) >= 11 is 1.64. The van der Waals surface area contributed by atoms with Crippen LogP contribution in [0.25, 0.3) is 0 Å². The predicted molar refractivity (Wildman–Crippen MR) is 112 cm³/mol. The average molecular weight is 395 g/mol. The Labute approximate surface area is 167 Å². The van der Waals surface area contributed by atoms with Crippen LogP contribution in [0.1, 0.15) is 29.0 Å². The van der Waals surface area contributed by atoms with E-state index < -0.39 is 4.92 Å². The maximum atomic E-state index is 12.3. The largest absolute Gasteiger partial charge is 0.325 e. The van der Waals surface area contributed by atoms with Crippen LogP contribution in [-0.2, 0) is 11.2 Å². The zero-order valence-electron chi connectivity index (χ0n) is 15.4. The molecule has 1 atom stereocenters. The standard InChI is InChI=1S/C21H21N3O3S/c1-2-15-5-7-16(8-6-15)21(19-4-3-13-28-19)22-14-20(25)23-17-9-11-18(12-10-17)24(26)27/h3-13,21-22H,2,14H2,1H3,(H,23,25)/t21-/m0/s1. The van der Waals surface area contributed by atoms with Crippen LogP contribution in [0, 0.1) is 10.1 Å². The molecule has 2 N–H and O–H groups in total. The van der Waals surface area contributed by atoms with Gasteiger partial charge < -0.3 is 5.32 Å². The third-order valence-corrected chi connectivity index (χ3v) is 5.31. The second-order valence-electron chi connectivity index (χ2n) is 6.28. The Kier molecular flexibility index (Phi) is 6.52. The number of hydrogen-bond donors (Lipinski definition) is 2. The number of aryl methyl sites for hydroxylation is 1. The fraction of sp³-hybridized carbons (Fsp3) is 0.190. The van der Waals surface area contributed by atoms with Crippen molar-refractivity contribution in [1.82, 2.24) is 5.32 Å². The molecule has 0 fully saturated rings. The Morgan fingerprint density at radius 2 is 1.82 bits per heavy atom. The van der Waals surface area contributed by atoms with Crippen molar-refractivity contribution < 1.29 is 9.72 Å². The molecule has 0 saturated carbocycles. The molecule has 2 aromatic carbocycles. The van der Waals surface area contributed by atoms with Crippen molar-refractivity contribution in [2.45, 2.75) is 19.4 Å². The second kappa shape index (κ2) is 9.25. The Morgan fingerprint density at radius 3 is 2.39 bits per heavy atom. The lowest BCUT2D eigenvalue weighted by Gasteiger charge is -2.18. The van der Waals surface area contributed by atoms with Crippen molar-refractivity contribution >= 4 is 28.6 Å². The fourth-order valence-corrected chi connectivity index (χ4v) is 3.68. The summed E-state index contributed by atoms with van der Waals surface area (Å²) < 4.78 is 0. The highest BCUT2D eigenvalue weighted by molar-refractivity contribution is 7.10. The number of benzene rings is 2. The smallest absolute Gasteiger partial charge is 0.269 e. The number of amides is 1. The SMILES string of the molecule is CCc1ccc([C@H](NCC(=O)Nc2ccc([N+](=O)[O-])cc2)c2cccs2)cc1. The Hall–Kier alpha value is -3.03. The van der Waals surface area contributed by atoms with Gasteiger partial charge in [-0.2, -0.15) is 0 Å². The first-order chi connectivity index (χ1) is 13.6. The predicted octanol–water partition coefficient (Wildman–Crippen LogP) is 4.54. The summed E-state index contributed by atoms with van der Waals surface area (Å²) in [6.07, 6.45) is 0.981. The molecule has 1 amide bonds. The first-order valence-corrected chi connectivity index (χ1v) is 9.84. The summed E-state index contributed by atoms with van der Waals surface area (Å²) in [5, 5.41) is 18.8. The summed E-state index contributed by atoms with van der Waals surface area (Å²) in [6.45, 7) is 2.24. The summed E-state index contributed by atoms with van der Waals surface area (Å²) in [7, 11) is 0. The molecule has 0 bridgehead atoms. The molecular formula is C21H21N3O3S. The van der Waals surface area contributed by atoms with Crippen LogP contribution in [0.2, 0.25) is 0 Å². The first kappa shape index (κ1) is 19.7. The van der Waals surface area contributed by atoms with E-state index in [9.17, 15) is 14.9 Å². The number of nitrogens with zero attached hydrogens (tertiary/aromatic N) is 1. The van der Waals surface area contributed by atoms with E-state index in [2.05, 4.69) is 41.8 Å². The number of rotatable bonds is 8. The number of anilines is 1. The van der Waals surface area contributed by atoms with E-state index in [0.717, 1.165) is 16.9 Å². The van der Waals surface area contributed by atoms with Crippen molar-refractivity contribution in [2.75, 3.05) is 11.9 Å². The van der Waals surface area contributed by atoms with Crippen LogP contribution in [0.15, 0.2) is 66.0 Å². The van der Waals surface area contributed by atoms with Crippen molar-refractivity contribution in [3.8, 4) is 0 Å². The molecule has 0 saturated heterocycles. The zero-order valence-corrected chi connectivity index (χ0v) is 16.2. The minimum Gasteiger partial charge on any atom is -0.325 e. The van der Waals surface area contributed by atoms with Crippen LogP contribution in [-0.4, -0.2) is 17.4 Å². The van der Waals surface area contributed by atoms with Crippen molar-refractivity contribution in [1.29, 1.82) is 0 Å². The normalized spacial score (nSPS) is 11.8. The van der Waals surface area contributed by atoms with E-state index in [-0.39, 0.29) is 24.2 Å². The van der Waals surface area contributed by atoms with E-state index in [4.69, 9.17) is 0 Å². The van der Waals surface area contributed by atoms with Crippen molar-refractivity contribution in [3.63, 3.8) is 0 Å². The molecule has 0 radical (unpaired) electrons. The third kappa shape index (κ3) is 5.03. The van der Waals surface area contributed by atoms with Crippen LogP contribution >= 0.6 is 11.3 Å². The van der Waals surface area contributed by atoms with Crippen LogP contribution in [0.3, 0.4) is 0 Å². The number of nitro groups is 1. The molecule has 144 valence electrons. The zero-order chi connectivity index (χ0) is 19.9. The van der Waals surface area contributed by atoms with Crippen LogP contribution in [0.5, 0.6) is 0 Å². The highest BCUT2D eigenvalue weighted by Gasteiger charge is 2.16. The van der Waals surface area contributed by atoms with E-state index in [1.54, 1.807) is 11.3 Å².